The Morgan fingerprint density at radius 2 is 1.96 bits per heavy atom. The van der Waals surface area contributed by atoms with Crippen molar-refractivity contribution in [3.05, 3.63) is 36.0 Å². The number of carbonyl (C=O) groups excluding carboxylic acids is 2. The minimum atomic E-state index is -0.681. The van der Waals surface area contributed by atoms with Gasteiger partial charge in [-0.3, -0.25) is 4.79 Å². The highest BCUT2D eigenvalue weighted by Gasteiger charge is 2.21. The molecule has 0 aromatic heterocycles. The van der Waals surface area contributed by atoms with Crippen LogP contribution in [0.2, 0.25) is 0 Å². The number of carbonyl (C=O) groups is 2. The highest BCUT2D eigenvalue weighted by atomic mass is 16.5. The predicted octanol–water partition coefficient (Wildman–Crippen LogP) is 3.05. The van der Waals surface area contributed by atoms with E-state index in [0.717, 1.165) is 0 Å². The minimum Gasteiger partial charge on any atom is -0.462 e. The van der Waals surface area contributed by atoms with Crippen molar-refractivity contribution in [3.63, 3.8) is 0 Å². The van der Waals surface area contributed by atoms with Gasteiger partial charge in [0.25, 0.3) is 0 Å². The second kappa shape index (κ2) is 7.99. The van der Waals surface area contributed by atoms with Gasteiger partial charge in [0.2, 0.25) is 5.91 Å². The van der Waals surface area contributed by atoms with Gasteiger partial charge < -0.3 is 15.4 Å². The Morgan fingerprint density at radius 3 is 2.52 bits per heavy atom. The number of anilines is 2. The van der Waals surface area contributed by atoms with E-state index >= 15 is 0 Å². The molecule has 0 unspecified atom stereocenters. The molecule has 6 nitrogen and oxygen atoms in total. The Morgan fingerprint density at radius 1 is 1.30 bits per heavy atom. The Kier molecular flexibility index (Phi) is 6.34. The lowest BCUT2D eigenvalue weighted by Gasteiger charge is -2.18. The zero-order valence-corrected chi connectivity index (χ0v) is 13.8. The largest absolute Gasteiger partial charge is 0.462 e. The molecule has 1 aromatic rings. The SMILES string of the molecule is CCOC(=O)/C(C#N)=C/Nc1cccc(NC(=O)C(C)(C)C)c1. The van der Waals surface area contributed by atoms with Crippen LogP contribution in [0.4, 0.5) is 11.4 Å². The van der Waals surface area contributed by atoms with Crippen molar-refractivity contribution in [2.45, 2.75) is 27.7 Å². The number of esters is 1. The number of amides is 1. The van der Waals surface area contributed by atoms with Gasteiger partial charge in [-0.1, -0.05) is 26.8 Å². The van der Waals surface area contributed by atoms with E-state index in [1.807, 2.05) is 20.8 Å². The van der Waals surface area contributed by atoms with Crippen LogP contribution in [-0.2, 0) is 14.3 Å². The molecule has 0 bridgehead atoms. The van der Waals surface area contributed by atoms with Crippen LogP contribution in [0.3, 0.4) is 0 Å². The van der Waals surface area contributed by atoms with Crippen molar-refractivity contribution < 1.29 is 14.3 Å². The Balaban J connectivity index is 2.83. The van der Waals surface area contributed by atoms with E-state index in [1.54, 1.807) is 37.3 Å². The summed E-state index contributed by atoms with van der Waals surface area (Å²) in [6, 6.07) is 8.75. The molecule has 122 valence electrons. The number of ether oxygens (including phenoxy) is 1. The monoisotopic (exact) mass is 315 g/mol. The van der Waals surface area contributed by atoms with E-state index in [4.69, 9.17) is 10.00 Å². The van der Waals surface area contributed by atoms with Crippen LogP contribution in [0.5, 0.6) is 0 Å². The van der Waals surface area contributed by atoms with Crippen molar-refractivity contribution in [3.8, 4) is 6.07 Å². The molecule has 0 radical (unpaired) electrons. The molecule has 0 saturated heterocycles. The fourth-order valence-corrected chi connectivity index (χ4v) is 1.51. The van der Waals surface area contributed by atoms with Gasteiger partial charge in [-0.15, -0.1) is 0 Å². The number of rotatable bonds is 5. The molecular formula is C17H21N3O3. The van der Waals surface area contributed by atoms with E-state index < -0.39 is 11.4 Å². The van der Waals surface area contributed by atoms with Gasteiger partial charge in [-0.2, -0.15) is 5.26 Å². The number of nitrogens with zero attached hydrogens (tertiary/aromatic N) is 1. The third-order valence-electron chi connectivity index (χ3n) is 2.80. The summed E-state index contributed by atoms with van der Waals surface area (Å²) in [7, 11) is 0. The minimum absolute atomic E-state index is 0.102. The van der Waals surface area contributed by atoms with Gasteiger partial charge in [-0.05, 0) is 25.1 Å². The molecule has 23 heavy (non-hydrogen) atoms. The van der Waals surface area contributed by atoms with Crippen molar-refractivity contribution in [2.24, 2.45) is 5.41 Å². The molecule has 0 aliphatic rings. The van der Waals surface area contributed by atoms with Crippen LogP contribution in [0.1, 0.15) is 27.7 Å². The summed E-state index contributed by atoms with van der Waals surface area (Å²) in [5.41, 5.74) is 0.629. The first-order valence-corrected chi connectivity index (χ1v) is 7.23. The topological polar surface area (TPSA) is 91.2 Å². The molecule has 1 rings (SSSR count). The van der Waals surface area contributed by atoms with Crippen LogP contribution in [0, 0.1) is 16.7 Å². The lowest BCUT2D eigenvalue weighted by atomic mass is 9.95. The maximum atomic E-state index is 12.0. The van der Waals surface area contributed by atoms with Crippen LogP contribution in [0.25, 0.3) is 0 Å². The van der Waals surface area contributed by atoms with Crippen molar-refractivity contribution in [1.82, 2.24) is 0 Å². The van der Waals surface area contributed by atoms with Gasteiger partial charge in [0.15, 0.2) is 5.57 Å². The fourth-order valence-electron chi connectivity index (χ4n) is 1.51. The lowest BCUT2D eigenvalue weighted by molar-refractivity contribution is -0.138. The van der Waals surface area contributed by atoms with Gasteiger partial charge in [0.1, 0.15) is 6.07 Å². The zero-order valence-electron chi connectivity index (χ0n) is 13.8. The summed E-state index contributed by atoms with van der Waals surface area (Å²) < 4.78 is 4.77. The highest BCUT2D eigenvalue weighted by molar-refractivity contribution is 5.95. The van der Waals surface area contributed by atoms with Crippen LogP contribution in [-0.4, -0.2) is 18.5 Å². The molecule has 1 aromatic carbocycles. The summed E-state index contributed by atoms with van der Waals surface area (Å²) in [6.07, 6.45) is 1.28. The summed E-state index contributed by atoms with van der Waals surface area (Å²) in [5, 5.41) is 14.6. The average Bonchev–Trinajstić information content (AvgIpc) is 2.47. The number of benzene rings is 1. The molecule has 0 heterocycles. The molecule has 0 aliphatic heterocycles. The predicted molar refractivity (Wildman–Crippen MR) is 88.5 cm³/mol. The quantitative estimate of drug-likeness (QED) is 0.495. The molecule has 6 heteroatoms. The summed E-state index contributed by atoms with van der Waals surface area (Å²) in [4.78, 5) is 23.5. The smallest absolute Gasteiger partial charge is 0.350 e. The first-order valence-electron chi connectivity index (χ1n) is 7.23. The molecular weight excluding hydrogens is 294 g/mol. The first-order chi connectivity index (χ1) is 10.8. The standard InChI is InChI=1S/C17H21N3O3/c1-5-23-15(21)12(10-18)11-19-13-7-6-8-14(9-13)20-16(22)17(2,3)4/h6-9,11,19H,5H2,1-4H3,(H,20,22)/b12-11+. The van der Waals surface area contributed by atoms with Gasteiger partial charge >= 0.3 is 5.97 Å². The van der Waals surface area contributed by atoms with Crippen LogP contribution >= 0.6 is 0 Å². The average molecular weight is 315 g/mol. The third kappa shape index (κ3) is 5.83. The summed E-state index contributed by atoms with van der Waals surface area (Å²) >= 11 is 0. The molecule has 0 atom stereocenters. The maximum Gasteiger partial charge on any atom is 0.350 e. The van der Waals surface area contributed by atoms with Crippen molar-refractivity contribution >= 4 is 23.3 Å². The van der Waals surface area contributed by atoms with E-state index in [9.17, 15) is 9.59 Å². The van der Waals surface area contributed by atoms with Crippen molar-refractivity contribution in [1.29, 1.82) is 5.26 Å². The number of hydrogen-bond acceptors (Lipinski definition) is 5. The van der Waals surface area contributed by atoms with Crippen LogP contribution in [0.15, 0.2) is 36.0 Å². The van der Waals surface area contributed by atoms with E-state index in [2.05, 4.69) is 10.6 Å². The summed E-state index contributed by atoms with van der Waals surface area (Å²) in [5.74, 6) is -0.783. The second-order valence-corrected chi connectivity index (χ2v) is 5.82. The highest BCUT2D eigenvalue weighted by Crippen LogP contribution is 2.20. The first kappa shape index (κ1) is 18.2. The Hall–Kier alpha value is -2.81. The third-order valence-corrected chi connectivity index (χ3v) is 2.80. The number of nitriles is 1. The zero-order chi connectivity index (χ0) is 17.5. The Labute approximate surface area is 136 Å². The van der Waals surface area contributed by atoms with Gasteiger partial charge in [0, 0.05) is 23.0 Å². The molecule has 1 amide bonds. The van der Waals surface area contributed by atoms with E-state index in [1.165, 1.54) is 6.20 Å². The molecule has 2 N–H and O–H groups in total. The normalized spacial score (nSPS) is 11.3. The van der Waals surface area contributed by atoms with Gasteiger partial charge in [-0.25, -0.2) is 4.79 Å². The molecule has 0 spiro atoms. The van der Waals surface area contributed by atoms with Crippen LogP contribution < -0.4 is 10.6 Å². The van der Waals surface area contributed by atoms with E-state index in [-0.39, 0.29) is 18.1 Å². The maximum absolute atomic E-state index is 12.0. The van der Waals surface area contributed by atoms with Gasteiger partial charge in [0.05, 0.1) is 6.61 Å². The van der Waals surface area contributed by atoms with Crippen molar-refractivity contribution in [2.75, 3.05) is 17.2 Å². The van der Waals surface area contributed by atoms with E-state index in [0.29, 0.717) is 11.4 Å². The number of hydrogen-bond donors (Lipinski definition) is 2. The summed E-state index contributed by atoms with van der Waals surface area (Å²) in [6.45, 7) is 7.34. The fraction of sp³-hybridized carbons (Fsp3) is 0.353. The molecule has 0 fully saturated rings. The molecule has 0 aliphatic carbocycles. The lowest BCUT2D eigenvalue weighted by Crippen LogP contribution is -2.27. The molecule has 0 saturated carbocycles. The number of nitrogens with one attached hydrogen (secondary N) is 2. The Bertz CT molecular complexity index is 652. The second-order valence-electron chi connectivity index (χ2n) is 5.82.